The number of aromatic nitrogens is 2. The van der Waals surface area contributed by atoms with E-state index in [4.69, 9.17) is 5.73 Å². The summed E-state index contributed by atoms with van der Waals surface area (Å²) in [5.41, 5.74) is 4.57. The smallest absolute Gasteiger partial charge is 0.332 e. The zero-order valence-electron chi connectivity index (χ0n) is 8.68. The van der Waals surface area contributed by atoms with Crippen LogP contribution in [0.1, 0.15) is 32.0 Å². The van der Waals surface area contributed by atoms with Crippen LogP contribution in [0, 0.1) is 0 Å². The van der Waals surface area contributed by atoms with Gasteiger partial charge in [0.25, 0.3) is 0 Å². The molecule has 92 valence electrons. The van der Waals surface area contributed by atoms with Gasteiger partial charge in [-0.25, -0.2) is 8.78 Å². The first kappa shape index (κ1) is 12.9. The summed E-state index contributed by atoms with van der Waals surface area (Å²) in [6.45, 7) is 3.17. The van der Waals surface area contributed by atoms with E-state index in [0.29, 0.717) is 6.42 Å². The molecule has 0 aromatic carbocycles. The average molecular weight is 241 g/mol. The maximum Gasteiger partial charge on any atom is 0.383 e. The van der Waals surface area contributed by atoms with Crippen LogP contribution < -0.4 is 5.73 Å². The highest BCUT2D eigenvalue weighted by atomic mass is 19.3. The van der Waals surface area contributed by atoms with Gasteiger partial charge in [0.15, 0.2) is 5.82 Å². The molecular weight excluding hydrogens is 230 g/mol. The summed E-state index contributed by atoms with van der Waals surface area (Å²) < 4.78 is 53.7. The summed E-state index contributed by atoms with van der Waals surface area (Å²) in [7, 11) is 0. The fourth-order valence-electron chi connectivity index (χ4n) is 0.842. The topological polar surface area (TPSA) is 64.9 Å². The minimum absolute atomic E-state index is 0.217. The molecule has 1 unspecified atom stereocenters. The summed E-state index contributed by atoms with van der Waals surface area (Å²) in [6.07, 6.45) is -3.54. The van der Waals surface area contributed by atoms with Crippen LogP contribution >= 0.6 is 0 Å². The first-order valence-electron chi connectivity index (χ1n) is 4.51. The number of nitrogens with two attached hydrogens (primary N) is 1. The van der Waals surface area contributed by atoms with E-state index in [-0.39, 0.29) is 5.82 Å². The Morgan fingerprint density at radius 2 is 2.00 bits per heavy atom. The molecule has 1 rings (SSSR count). The first-order valence-corrected chi connectivity index (χ1v) is 4.51. The van der Waals surface area contributed by atoms with Crippen LogP contribution in [0.2, 0.25) is 0 Å². The van der Waals surface area contributed by atoms with E-state index in [1.165, 1.54) is 6.92 Å². The molecule has 1 aromatic rings. The highest BCUT2D eigenvalue weighted by molar-refractivity contribution is 5.04. The Morgan fingerprint density at radius 3 is 2.44 bits per heavy atom. The maximum atomic E-state index is 12.8. The molecule has 0 radical (unpaired) electrons. The van der Waals surface area contributed by atoms with Crippen molar-refractivity contribution in [2.24, 2.45) is 5.73 Å². The quantitative estimate of drug-likeness (QED) is 0.819. The number of hydrogen-bond acceptors (Lipinski definition) is 4. The van der Waals surface area contributed by atoms with Crippen LogP contribution in [0.25, 0.3) is 0 Å². The van der Waals surface area contributed by atoms with Crippen LogP contribution in [-0.4, -0.2) is 16.6 Å². The maximum absolute atomic E-state index is 12.8. The second kappa shape index (κ2) is 4.00. The third-order valence-electron chi connectivity index (χ3n) is 2.23. The zero-order chi connectivity index (χ0) is 12.6. The van der Waals surface area contributed by atoms with Crippen molar-refractivity contribution in [1.29, 1.82) is 0 Å². The molecular formula is C8H11F4N3O. The molecule has 1 aromatic heterocycles. The van der Waals surface area contributed by atoms with Crippen molar-refractivity contribution >= 4 is 0 Å². The van der Waals surface area contributed by atoms with E-state index in [1.54, 1.807) is 6.92 Å². The standard InChI is InChI=1S/C8H11F4N3O/c1-3-7(2,13)5-14-6(16-15-5)8(11,12)4(9)10/h4H,3,13H2,1-2H3. The van der Waals surface area contributed by atoms with Crippen LogP contribution in [0.4, 0.5) is 17.6 Å². The van der Waals surface area contributed by atoms with Gasteiger partial charge in [-0.15, -0.1) is 0 Å². The van der Waals surface area contributed by atoms with Gasteiger partial charge >= 0.3 is 18.2 Å². The number of alkyl halides is 4. The van der Waals surface area contributed by atoms with Crippen molar-refractivity contribution in [3.05, 3.63) is 11.7 Å². The third kappa shape index (κ3) is 2.16. The predicted molar refractivity (Wildman–Crippen MR) is 46.0 cm³/mol. The lowest BCUT2D eigenvalue weighted by molar-refractivity contribution is -0.152. The molecule has 4 nitrogen and oxygen atoms in total. The molecule has 0 amide bonds. The van der Waals surface area contributed by atoms with E-state index in [2.05, 4.69) is 14.7 Å². The van der Waals surface area contributed by atoms with Crippen LogP contribution in [0.5, 0.6) is 0 Å². The van der Waals surface area contributed by atoms with Crippen molar-refractivity contribution in [1.82, 2.24) is 10.1 Å². The van der Waals surface area contributed by atoms with Gasteiger partial charge in [0, 0.05) is 0 Å². The van der Waals surface area contributed by atoms with E-state index >= 15 is 0 Å². The van der Waals surface area contributed by atoms with Gasteiger partial charge in [0.2, 0.25) is 0 Å². The summed E-state index contributed by atoms with van der Waals surface area (Å²) in [5, 5.41) is 3.18. The Morgan fingerprint density at radius 1 is 1.44 bits per heavy atom. The Kier molecular flexibility index (Phi) is 3.22. The Balaban J connectivity index is 3.04. The highest BCUT2D eigenvalue weighted by Crippen LogP contribution is 2.34. The minimum atomic E-state index is -4.45. The van der Waals surface area contributed by atoms with E-state index in [9.17, 15) is 17.6 Å². The molecule has 0 fully saturated rings. The second-order valence-electron chi connectivity index (χ2n) is 3.62. The van der Waals surface area contributed by atoms with E-state index in [1.807, 2.05) is 0 Å². The average Bonchev–Trinajstić information content (AvgIpc) is 2.67. The summed E-state index contributed by atoms with van der Waals surface area (Å²) in [6, 6.07) is 0. The molecule has 0 spiro atoms. The number of hydrogen-bond donors (Lipinski definition) is 1. The van der Waals surface area contributed by atoms with Gasteiger partial charge in [-0.05, 0) is 13.3 Å². The third-order valence-corrected chi connectivity index (χ3v) is 2.23. The molecule has 1 heterocycles. The number of rotatable bonds is 4. The van der Waals surface area contributed by atoms with E-state index < -0.39 is 23.8 Å². The Hall–Kier alpha value is -1.18. The van der Waals surface area contributed by atoms with Crippen molar-refractivity contribution in [3.63, 3.8) is 0 Å². The SMILES string of the molecule is CCC(C)(N)c1noc(C(F)(F)C(F)F)n1. The zero-order valence-corrected chi connectivity index (χ0v) is 8.68. The molecule has 0 saturated carbocycles. The monoisotopic (exact) mass is 241 g/mol. The molecule has 0 bridgehead atoms. The lowest BCUT2D eigenvalue weighted by Crippen LogP contribution is -2.33. The Labute approximate surface area is 88.8 Å². The highest BCUT2D eigenvalue weighted by Gasteiger charge is 2.49. The normalized spacial score (nSPS) is 16.5. The molecule has 0 aliphatic carbocycles. The van der Waals surface area contributed by atoms with Crippen molar-refractivity contribution in [2.75, 3.05) is 0 Å². The van der Waals surface area contributed by atoms with Gasteiger partial charge in [0.1, 0.15) is 0 Å². The molecule has 16 heavy (non-hydrogen) atoms. The van der Waals surface area contributed by atoms with Crippen molar-refractivity contribution in [3.8, 4) is 0 Å². The molecule has 0 aliphatic rings. The van der Waals surface area contributed by atoms with Gasteiger partial charge in [-0.3, -0.25) is 0 Å². The van der Waals surface area contributed by atoms with Crippen LogP contribution in [0.3, 0.4) is 0 Å². The first-order chi connectivity index (χ1) is 7.21. The second-order valence-corrected chi connectivity index (χ2v) is 3.62. The fraction of sp³-hybridized carbons (Fsp3) is 0.750. The molecule has 8 heteroatoms. The van der Waals surface area contributed by atoms with Gasteiger partial charge < -0.3 is 10.3 Å². The summed E-state index contributed by atoms with van der Waals surface area (Å²) in [4.78, 5) is 3.21. The number of halogens is 4. The fourth-order valence-corrected chi connectivity index (χ4v) is 0.842. The lowest BCUT2D eigenvalue weighted by atomic mass is 10.0. The predicted octanol–water partition coefficient (Wildman–Crippen LogP) is 2.01. The van der Waals surface area contributed by atoms with Crippen molar-refractivity contribution in [2.45, 2.75) is 38.2 Å². The molecule has 2 N–H and O–H groups in total. The summed E-state index contributed by atoms with van der Waals surface area (Å²) >= 11 is 0. The van der Waals surface area contributed by atoms with Crippen LogP contribution in [-0.2, 0) is 11.5 Å². The largest absolute Gasteiger partial charge is 0.383 e. The van der Waals surface area contributed by atoms with Crippen molar-refractivity contribution < 1.29 is 22.1 Å². The molecule has 1 atom stereocenters. The van der Waals surface area contributed by atoms with Gasteiger partial charge in [-0.2, -0.15) is 13.8 Å². The summed E-state index contributed by atoms with van der Waals surface area (Å²) in [5.74, 6) is -6.08. The lowest BCUT2D eigenvalue weighted by Gasteiger charge is -2.17. The molecule has 0 aliphatic heterocycles. The van der Waals surface area contributed by atoms with Crippen LogP contribution in [0.15, 0.2) is 4.52 Å². The Bertz CT molecular complexity index is 364. The van der Waals surface area contributed by atoms with Gasteiger partial charge in [-0.1, -0.05) is 12.1 Å². The van der Waals surface area contributed by atoms with E-state index in [0.717, 1.165) is 0 Å². The van der Waals surface area contributed by atoms with Gasteiger partial charge in [0.05, 0.1) is 5.54 Å². The molecule has 0 saturated heterocycles. The minimum Gasteiger partial charge on any atom is -0.332 e. The number of nitrogens with zero attached hydrogens (tertiary/aromatic N) is 2.